The van der Waals surface area contributed by atoms with Gasteiger partial charge >= 0.3 is 0 Å². The van der Waals surface area contributed by atoms with Crippen LogP contribution in [-0.2, 0) is 4.74 Å². The summed E-state index contributed by atoms with van der Waals surface area (Å²) in [5.74, 6) is 0.0635. The van der Waals surface area contributed by atoms with Gasteiger partial charge in [0.1, 0.15) is 16.9 Å². The van der Waals surface area contributed by atoms with E-state index >= 15 is 0 Å². The van der Waals surface area contributed by atoms with Crippen molar-refractivity contribution in [1.29, 1.82) is 5.26 Å². The average molecular weight is 507 g/mol. The Morgan fingerprint density at radius 3 is 2.79 bits per heavy atom. The topological polar surface area (TPSA) is 106 Å². The van der Waals surface area contributed by atoms with Crippen molar-refractivity contribution in [2.75, 3.05) is 18.0 Å². The molecule has 3 N–H and O–H groups in total. The summed E-state index contributed by atoms with van der Waals surface area (Å²) in [6, 6.07) is 4.35. The van der Waals surface area contributed by atoms with Crippen LogP contribution in [0.15, 0.2) is 18.5 Å². The number of anilines is 1. The van der Waals surface area contributed by atoms with Gasteiger partial charge in [-0.05, 0) is 43.7 Å². The van der Waals surface area contributed by atoms with E-state index < -0.39 is 12.1 Å². The van der Waals surface area contributed by atoms with Crippen LogP contribution in [0.3, 0.4) is 0 Å². The molecule has 34 heavy (non-hydrogen) atoms. The zero-order valence-corrected chi connectivity index (χ0v) is 20.0. The lowest BCUT2D eigenvalue weighted by molar-refractivity contribution is -0.0371. The summed E-state index contributed by atoms with van der Waals surface area (Å²) in [4.78, 5) is 10.0. The fraction of sp³-hybridized carbons (Fsp3) is 0.522. The van der Waals surface area contributed by atoms with Crippen molar-refractivity contribution in [2.45, 2.75) is 56.6 Å². The van der Waals surface area contributed by atoms with E-state index in [1.54, 1.807) is 6.20 Å². The number of nitriles is 1. The fourth-order valence-electron chi connectivity index (χ4n) is 5.26. The third-order valence-corrected chi connectivity index (χ3v) is 7.66. The molecule has 4 unspecified atom stereocenters. The average Bonchev–Trinajstić information content (AvgIpc) is 3.22. The largest absolute Gasteiger partial charge is 0.389 e. The molecule has 2 aromatic rings. The maximum atomic E-state index is 13.9. The molecule has 4 heterocycles. The highest BCUT2D eigenvalue weighted by atomic mass is 35.5. The number of nitrogens with zero attached hydrogens (tertiary/aromatic N) is 4. The maximum Gasteiger partial charge on any atom is 0.232 e. The Morgan fingerprint density at radius 1 is 1.26 bits per heavy atom. The Morgan fingerprint density at radius 2 is 2.06 bits per heavy atom. The molecule has 0 radical (unpaired) electrons. The smallest absolute Gasteiger partial charge is 0.232 e. The van der Waals surface area contributed by atoms with Crippen LogP contribution < -0.4 is 15.8 Å². The lowest BCUT2D eigenvalue weighted by atomic mass is 9.78. The molecule has 11 heteroatoms. The van der Waals surface area contributed by atoms with Crippen molar-refractivity contribution in [3.63, 3.8) is 0 Å². The Kier molecular flexibility index (Phi) is 6.64. The van der Waals surface area contributed by atoms with Gasteiger partial charge in [0, 0.05) is 37.1 Å². The predicted octanol–water partition coefficient (Wildman–Crippen LogP) is 3.44. The van der Waals surface area contributed by atoms with Gasteiger partial charge in [-0.2, -0.15) is 9.65 Å². The number of hydrogen-bond donors (Lipinski definition) is 3. The van der Waals surface area contributed by atoms with Crippen molar-refractivity contribution in [1.82, 2.24) is 20.8 Å². The number of hydrogen-bond acceptors (Lipinski definition) is 8. The summed E-state index contributed by atoms with van der Waals surface area (Å²) in [5.41, 5.74) is 8.59. The lowest BCUT2D eigenvalue weighted by Gasteiger charge is -2.37. The van der Waals surface area contributed by atoms with Crippen molar-refractivity contribution in [2.24, 2.45) is 5.92 Å². The summed E-state index contributed by atoms with van der Waals surface area (Å²) in [6.07, 6.45) is 4.64. The minimum absolute atomic E-state index is 0.0344. The second-order valence-corrected chi connectivity index (χ2v) is 9.97. The number of aliphatic hydroxyl groups is 1. The van der Waals surface area contributed by atoms with Gasteiger partial charge in [-0.1, -0.05) is 23.2 Å². The molecule has 2 aromatic heterocycles. The van der Waals surface area contributed by atoms with Gasteiger partial charge in [0.25, 0.3) is 0 Å². The molecule has 180 valence electrons. The number of aliphatic hydroxyl groups excluding tert-OH is 1. The van der Waals surface area contributed by atoms with E-state index in [0.717, 1.165) is 24.8 Å². The van der Waals surface area contributed by atoms with E-state index in [1.807, 2.05) is 17.9 Å². The number of ether oxygens (including phenoxy) is 1. The highest BCUT2D eigenvalue weighted by molar-refractivity contribution is 6.35. The predicted molar refractivity (Wildman–Crippen MR) is 125 cm³/mol. The van der Waals surface area contributed by atoms with E-state index in [2.05, 4.69) is 26.9 Å². The molecular formula is C23H25Cl2FN6O2. The maximum absolute atomic E-state index is 13.9. The second kappa shape index (κ2) is 9.53. The van der Waals surface area contributed by atoms with Crippen LogP contribution in [0.1, 0.15) is 55.0 Å². The zero-order valence-electron chi connectivity index (χ0n) is 18.5. The molecule has 1 saturated carbocycles. The first kappa shape index (κ1) is 23.7. The molecule has 3 aliphatic rings. The number of halogens is 3. The Bertz CT molecular complexity index is 1130. The second-order valence-electron chi connectivity index (χ2n) is 9.19. The van der Waals surface area contributed by atoms with E-state index in [-0.39, 0.29) is 40.3 Å². The van der Waals surface area contributed by atoms with Gasteiger partial charge in [0.15, 0.2) is 0 Å². The highest BCUT2D eigenvalue weighted by Crippen LogP contribution is 2.42. The van der Waals surface area contributed by atoms with Crippen LogP contribution in [0.4, 0.5) is 10.2 Å². The minimum Gasteiger partial charge on any atom is -0.389 e. The molecule has 8 nitrogen and oxygen atoms in total. The minimum atomic E-state index is -0.763. The Labute approximate surface area is 207 Å². The number of pyridine rings is 2. The molecular weight excluding hydrogens is 482 g/mol. The van der Waals surface area contributed by atoms with Crippen LogP contribution in [0.2, 0.25) is 10.0 Å². The lowest BCUT2D eigenvalue weighted by Crippen LogP contribution is -2.51. The number of fused-ring (bicyclic) bond motifs is 1. The van der Waals surface area contributed by atoms with Crippen LogP contribution in [0.25, 0.3) is 0 Å². The Hall–Kier alpha value is -2.06. The summed E-state index contributed by atoms with van der Waals surface area (Å²) in [6.45, 7) is 2.79. The van der Waals surface area contributed by atoms with Crippen molar-refractivity contribution in [3.8, 4) is 6.07 Å². The summed E-state index contributed by atoms with van der Waals surface area (Å²) < 4.78 is 20.2. The molecule has 2 saturated heterocycles. The fourth-order valence-corrected chi connectivity index (χ4v) is 5.91. The molecule has 0 amide bonds. The van der Waals surface area contributed by atoms with E-state index in [4.69, 9.17) is 27.9 Å². The van der Waals surface area contributed by atoms with Crippen molar-refractivity contribution in [3.05, 3.63) is 51.1 Å². The van der Waals surface area contributed by atoms with Crippen molar-refractivity contribution < 1.29 is 14.2 Å². The SMILES string of the molecule is C[C@H](OC1CCC2NNC(c3cnc(N4CC(O)C4)c(C#N)c3)C2C1)c1c(Cl)cnc(F)c1Cl. The molecule has 0 spiro atoms. The van der Waals surface area contributed by atoms with Crippen LogP contribution in [0, 0.1) is 23.2 Å². The third kappa shape index (κ3) is 4.35. The number of hydrazine groups is 1. The third-order valence-electron chi connectivity index (χ3n) is 7.00. The van der Waals surface area contributed by atoms with Crippen LogP contribution >= 0.6 is 23.2 Å². The monoisotopic (exact) mass is 506 g/mol. The van der Waals surface area contributed by atoms with Gasteiger partial charge in [-0.15, -0.1) is 0 Å². The number of rotatable bonds is 5. The number of aromatic nitrogens is 2. The number of nitrogens with one attached hydrogen (secondary N) is 2. The molecule has 1 aliphatic carbocycles. The first-order valence-corrected chi connectivity index (χ1v) is 12.1. The van der Waals surface area contributed by atoms with Crippen LogP contribution in [-0.4, -0.2) is 46.4 Å². The van der Waals surface area contributed by atoms with Crippen LogP contribution in [0.5, 0.6) is 0 Å². The number of β-amino-alcohol motifs (C(OH)–C–C–N with tert-alkyl or cyclic N) is 1. The highest BCUT2D eigenvalue weighted by Gasteiger charge is 2.42. The molecule has 5 atom stereocenters. The van der Waals surface area contributed by atoms with E-state index in [1.165, 1.54) is 6.20 Å². The molecule has 0 aromatic carbocycles. The van der Waals surface area contributed by atoms with E-state index in [0.29, 0.717) is 30.0 Å². The quantitative estimate of drug-likeness (QED) is 0.529. The van der Waals surface area contributed by atoms with Gasteiger partial charge in [-0.3, -0.25) is 5.43 Å². The first-order valence-electron chi connectivity index (χ1n) is 11.3. The summed E-state index contributed by atoms with van der Waals surface area (Å²) in [7, 11) is 0. The van der Waals surface area contributed by atoms with E-state index in [9.17, 15) is 14.8 Å². The normalized spacial score (nSPS) is 27.7. The Balaban J connectivity index is 1.31. The molecule has 5 rings (SSSR count). The van der Waals surface area contributed by atoms with Gasteiger partial charge in [-0.25, -0.2) is 15.4 Å². The first-order chi connectivity index (χ1) is 16.4. The van der Waals surface area contributed by atoms with Gasteiger partial charge in [0.2, 0.25) is 5.95 Å². The summed E-state index contributed by atoms with van der Waals surface area (Å²) in [5, 5.41) is 19.4. The molecule has 0 bridgehead atoms. The summed E-state index contributed by atoms with van der Waals surface area (Å²) >= 11 is 12.3. The zero-order chi connectivity index (χ0) is 24.0. The standard InChI is InChI=1S/C23H25Cl2FN6O2/c1-11(19-17(24)8-28-22(26)20(19)25)34-15-2-3-18-16(5-15)21(31-30-18)13-4-12(6-27)23(29-7-13)32-9-14(33)10-32/h4,7-8,11,14-16,18,21,30-31,33H,2-3,5,9-10H2,1H3/t11-,15?,16?,18?,21?/m0/s1. The molecule has 2 aliphatic heterocycles. The molecule has 3 fully saturated rings. The van der Waals surface area contributed by atoms with Gasteiger partial charge in [0.05, 0.1) is 34.9 Å². The van der Waals surface area contributed by atoms with Gasteiger partial charge < -0.3 is 14.7 Å². The van der Waals surface area contributed by atoms with Crippen molar-refractivity contribution >= 4 is 29.0 Å².